The molecule has 0 radical (unpaired) electrons. The van der Waals surface area contributed by atoms with E-state index < -0.39 is 0 Å². The first-order valence-electron chi connectivity index (χ1n) is 5.81. The summed E-state index contributed by atoms with van der Waals surface area (Å²) >= 11 is 0. The first-order valence-corrected chi connectivity index (χ1v) is 5.81. The molecule has 0 aromatic heterocycles. The van der Waals surface area contributed by atoms with Gasteiger partial charge >= 0.3 is 0 Å². The summed E-state index contributed by atoms with van der Waals surface area (Å²) in [6, 6.07) is 8.22. The van der Waals surface area contributed by atoms with Gasteiger partial charge in [-0.25, -0.2) is 9.98 Å². The zero-order chi connectivity index (χ0) is 11.7. The van der Waals surface area contributed by atoms with E-state index in [9.17, 15) is 0 Å². The van der Waals surface area contributed by atoms with Crippen LogP contribution in [-0.4, -0.2) is 37.6 Å². The van der Waals surface area contributed by atoms with E-state index in [1.807, 2.05) is 31.2 Å². The number of benzene rings is 1. The molecule has 17 heavy (non-hydrogen) atoms. The van der Waals surface area contributed by atoms with Crippen LogP contribution in [0.15, 0.2) is 34.3 Å². The summed E-state index contributed by atoms with van der Waals surface area (Å²) in [5, 5.41) is 0. The lowest BCUT2D eigenvalue weighted by Crippen LogP contribution is -2.05. The zero-order valence-electron chi connectivity index (χ0n) is 9.72. The Bertz CT molecular complexity index is 494. The second-order valence-electron chi connectivity index (χ2n) is 4.21. The van der Waals surface area contributed by atoms with Crippen LogP contribution in [0, 0.1) is 0 Å². The van der Waals surface area contributed by atoms with Crippen molar-refractivity contribution in [3.8, 4) is 0 Å². The van der Waals surface area contributed by atoms with Gasteiger partial charge in [0.15, 0.2) is 0 Å². The highest BCUT2D eigenvalue weighted by Gasteiger charge is 2.17. The van der Waals surface area contributed by atoms with E-state index in [1.165, 1.54) is 0 Å². The Hall–Kier alpha value is -1.84. The maximum atomic E-state index is 5.54. The van der Waals surface area contributed by atoms with Crippen LogP contribution in [0.4, 0.5) is 0 Å². The van der Waals surface area contributed by atoms with Gasteiger partial charge < -0.3 is 9.47 Å². The van der Waals surface area contributed by atoms with Crippen LogP contribution in [0.3, 0.4) is 0 Å². The van der Waals surface area contributed by atoms with Crippen molar-refractivity contribution in [2.45, 2.75) is 13.0 Å². The molecule has 0 saturated heterocycles. The lowest BCUT2D eigenvalue weighted by Gasteiger charge is -2.05. The highest BCUT2D eigenvalue weighted by Crippen LogP contribution is 2.15. The Morgan fingerprint density at radius 1 is 1.18 bits per heavy atom. The molecule has 0 bridgehead atoms. The summed E-state index contributed by atoms with van der Waals surface area (Å²) in [6.45, 7) is 4.13. The van der Waals surface area contributed by atoms with Crippen LogP contribution < -0.4 is 0 Å². The predicted molar refractivity (Wildman–Crippen MR) is 65.7 cm³/mol. The van der Waals surface area contributed by atoms with Crippen molar-refractivity contribution in [1.29, 1.82) is 0 Å². The molecule has 0 aliphatic carbocycles. The topological polar surface area (TPSA) is 43.2 Å². The van der Waals surface area contributed by atoms with E-state index >= 15 is 0 Å². The van der Waals surface area contributed by atoms with Crippen molar-refractivity contribution >= 4 is 11.8 Å². The average molecular weight is 230 g/mol. The van der Waals surface area contributed by atoms with E-state index in [4.69, 9.17) is 9.47 Å². The molecule has 4 heteroatoms. The molecule has 0 fully saturated rings. The van der Waals surface area contributed by atoms with Crippen molar-refractivity contribution in [3.63, 3.8) is 0 Å². The smallest absolute Gasteiger partial charge is 0.216 e. The van der Waals surface area contributed by atoms with Gasteiger partial charge in [0.1, 0.15) is 13.2 Å². The first kappa shape index (κ1) is 10.3. The second-order valence-corrected chi connectivity index (χ2v) is 4.21. The molecule has 1 aromatic rings. The Kier molecular flexibility index (Phi) is 2.55. The number of hydrogen-bond donors (Lipinski definition) is 0. The van der Waals surface area contributed by atoms with Gasteiger partial charge in [-0.15, -0.1) is 0 Å². The lowest BCUT2D eigenvalue weighted by molar-refractivity contribution is 0.324. The normalized spacial score (nSPS) is 22.8. The summed E-state index contributed by atoms with van der Waals surface area (Å²) < 4.78 is 11.0. The van der Waals surface area contributed by atoms with Crippen molar-refractivity contribution in [3.05, 3.63) is 35.4 Å². The molecule has 2 aliphatic rings. The lowest BCUT2D eigenvalue weighted by atomic mass is 10.1. The second kappa shape index (κ2) is 4.20. The van der Waals surface area contributed by atoms with Crippen molar-refractivity contribution in [2.24, 2.45) is 9.98 Å². The predicted octanol–water partition coefficient (Wildman–Crippen LogP) is 1.63. The molecular formula is C13H14N2O2. The third-order valence-corrected chi connectivity index (χ3v) is 2.74. The van der Waals surface area contributed by atoms with Gasteiger partial charge in [0.2, 0.25) is 11.8 Å². The van der Waals surface area contributed by atoms with Crippen molar-refractivity contribution in [1.82, 2.24) is 0 Å². The minimum absolute atomic E-state index is 0.244. The molecule has 2 aliphatic heterocycles. The van der Waals surface area contributed by atoms with E-state index in [2.05, 4.69) is 9.98 Å². The van der Waals surface area contributed by atoms with Crippen LogP contribution in [0.2, 0.25) is 0 Å². The first-order chi connectivity index (χ1) is 8.33. The SMILES string of the molecule is CC1COC(c2cccc(C3=NCCO3)c2)=N1. The van der Waals surface area contributed by atoms with E-state index in [0.717, 1.165) is 29.5 Å². The highest BCUT2D eigenvalue weighted by atomic mass is 16.5. The zero-order valence-corrected chi connectivity index (χ0v) is 9.72. The molecule has 0 spiro atoms. The molecule has 4 nitrogen and oxygen atoms in total. The third kappa shape index (κ3) is 2.02. The minimum atomic E-state index is 0.244. The maximum absolute atomic E-state index is 5.54. The minimum Gasteiger partial charge on any atom is -0.476 e. The molecule has 3 rings (SSSR count). The molecule has 2 heterocycles. The molecule has 1 unspecified atom stereocenters. The van der Waals surface area contributed by atoms with Crippen LogP contribution in [0.5, 0.6) is 0 Å². The van der Waals surface area contributed by atoms with Crippen molar-refractivity contribution < 1.29 is 9.47 Å². The molecule has 0 N–H and O–H groups in total. The number of ether oxygens (including phenoxy) is 2. The summed E-state index contributed by atoms with van der Waals surface area (Å²) in [7, 11) is 0. The molecule has 1 aromatic carbocycles. The van der Waals surface area contributed by atoms with Crippen LogP contribution in [0.25, 0.3) is 0 Å². The molecule has 0 amide bonds. The van der Waals surface area contributed by atoms with Gasteiger partial charge in [0, 0.05) is 11.1 Å². The van der Waals surface area contributed by atoms with Crippen LogP contribution in [0.1, 0.15) is 18.1 Å². The Labute approximate surface area is 100.0 Å². The number of hydrogen-bond acceptors (Lipinski definition) is 4. The summed E-state index contributed by atoms with van der Waals surface area (Å²) in [6.07, 6.45) is 0. The Balaban J connectivity index is 1.91. The number of nitrogens with zero attached hydrogens (tertiary/aromatic N) is 2. The van der Waals surface area contributed by atoms with Gasteiger partial charge in [-0.3, -0.25) is 0 Å². The number of rotatable bonds is 2. The number of aliphatic imine (C=N–C) groups is 2. The summed E-state index contributed by atoms with van der Waals surface area (Å²) in [5.74, 6) is 1.44. The molecule has 88 valence electrons. The monoisotopic (exact) mass is 230 g/mol. The van der Waals surface area contributed by atoms with Crippen LogP contribution in [-0.2, 0) is 9.47 Å². The maximum Gasteiger partial charge on any atom is 0.216 e. The fourth-order valence-corrected chi connectivity index (χ4v) is 1.93. The van der Waals surface area contributed by atoms with Gasteiger partial charge in [-0.2, -0.15) is 0 Å². The standard InChI is InChI=1S/C13H14N2O2/c1-9-8-17-13(15-9)11-4-2-3-10(7-11)12-14-5-6-16-12/h2-4,7,9H,5-6,8H2,1H3. The van der Waals surface area contributed by atoms with E-state index in [0.29, 0.717) is 13.2 Å². The fraction of sp³-hybridized carbons (Fsp3) is 0.385. The van der Waals surface area contributed by atoms with E-state index in [-0.39, 0.29) is 6.04 Å². The highest BCUT2D eigenvalue weighted by molar-refractivity contribution is 6.00. The summed E-state index contributed by atoms with van der Waals surface area (Å²) in [5.41, 5.74) is 1.98. The van der Waals surface area contributed by atoms with Crippen molar-refractivity contribution in [2.75, 3.05) is 19.8 Å². The molecule has 1 atom stereocenters. The average Bonchev–Trinajstić information content (AvgIpc) is 3.00. The Morgan fingerprint density at radius 2 is 2.00 bits per heavy atom. The van der Waals surface area contributed by atoms with Gasteiger partial charge in [0.25, 0.3) is 0 Å². The van der Waals surface area contributed by atoms with Gasteiger partial charge in [-0.05, 0) is 25.1 Å². The van der Waals surface area contributed by atoms with Gasteiger partial charge in [0.05, 0.1) is 12.6 Å². The summed E-state index contributed by atoms with van der Waals surface area (Å²) in [4.78, 5) is 8.74. The molecular weight excluding hydrogens is 216 g/mol. The van der Waals surface area contributed by atoms with Gasteiger partial charge in [-0.1, -0.05) is 6.07 Å². The largest absolute Gasteiger partial charge is 0.476 e. The molecule has 0 saturated carbocycles. The fourth-order valence-electron chi connectivity index (χ4n) is 1.93. The van der Waals surface area contributed by atoms with Crippen LogP contribution >= 0.6 is 0 Å². The Morgan fingerprint density at radius 3 is 2.65 bits per heavy atom. The van der Waals surface area contributed by atoms with E-state index in [1.54, 1.807) is 0 Å². The third-order valence-electron chi connectivity index (χ3n) is 2.74. The quantitative estimate of drug-likeness (QED) is 0.775.